The van der Waals surface area contributed by atoms with Crippen LogP contribution in [0.3, 0.4) is 0 Å². The van der Waals surface area contributed by atoms with Gasteiger partial charge < -0.3 is 4.74 Å². The summed E-state index contributed by atoms with van der Waals surface area (Å²) in [4.78, 5) is 4.84. The Bertz CT molecular complexity index is 5580. The molecule has 0 saturated heterocycles. The van der Waals surface area contributed by atoms with E-state index in [0.717, 1.165) is 27.4 Å². The predicted molar refractivity (Wildman–Crippen MR) is 334 cm³/mol. The van der Waals surface area contributed by atoms with Gasteiger partial charge in [-0.15, -0.1) is 0 Å². The molecule has 0 spiro atoms. The fourth-order valence-electron chi connectivity index (χ4n) is 10.5. The Kier molecular flexibility index (Phi) is 7.73. The van der Waals surface area contributed by atoms with Gasteiger partial charge in [0.2, 0.25) is 0 Å². The molecule has 0 aliphatic rings. The van der Waals surface area contributed by atoms with Gasteiger partial charge in [0.1, 0.15) is 17.3 Å². The largest absolute Gasteiger partial charge is 0.458 e. The Morgan fingerprint density at radius 3 is 1.82 bits per heavy atom. The van der Waals surface area contributed by atoms with E-state index in [-0.39, 0.29) is 33.4 Å². The zero-order chi connectivity index (χ0) is 74.6. The van der Waals surface area contributed by atoms with Crippen LogP contribution in [0.15, 0.2) is 266 Å². The van der Waals surface area contributed by atoms with Crippen LogP contribution in [0.1, 0.15) is 84.2 Å². The van der Waals surface area contributed by atoms with E-state index < -0.39 is 179 Å². The lowest BCUT2D eigenvalue weighted by atomic mass is 9.81. The van der Waals surface area contributed by atoms with Crippen molar-refractivity contribution in [2.24, 2.45) is 0 Å². The molecule has 6 heteroatoms. The maximum Gasteiger partial charge on any atom is 0.269 e. The molecular weight excluding hydrogens is 989 g/mol. The number of nitrogens with zero attached hydrogens (tertiary/aromatic N) is 4. The molecule has 0 fully saturated rings. The third-order valence-electron chi connectivity index (χ3n) is 14.2. The van der Waals surface area contributed by atoms with Crippen LogP contribution >= 0.6 is 0 Å². The van der Waals surface area contributed by atoms with Crippen LogP contribution in [-0.2, 0) is 10.8 Å². The molecule has 0 atom stereocenters. The summed E-state index contributed by atoms with van der Waals surface area (Å²) in [5, 5.41) is -2.11. The average Bonchev–Trinajstić information content (AvgIpc) is 1.03. The van der Waals surface area contributed by atoms with E-state index in [1.54, 1.807) is 86.1 Å². The minimum atomic E-state index is -6.34. The lowest BCUT2D eigenvalue weighted by Gasteiger charge is -2.34. The molecule has 0 bridgehead atoms. The van der Waals surface area contributed by atoms with Crippen LogP contribution < -0.4 is 30.1 Å². The number of pyridine rings is 1. The predicted octanol–water partition coefficient (Wildman–Crippen LogP) is 15.3. The van der Waals surface area contributed by atoms with Gasteiger partial charge in [0, 0.05) is 23.0 Å². The standard InChI is InChI=1S/C74H62N4OSi/c1-73(2,3)53-45-46-75-71(48-53)78-67-40-19-17-36-63(67)64-44-43-56(50-70(64)78)79-55-27-23-26-54(49-55)76-51-77(69-42-21-20-41-68(69)76)72-61(37-24-38-65(72)62-35-16-18-39-66(62)74(4,5)6)52-25-22-34-60(47-52)80(57-28-10-7-11-29-57,58-30-12-8-13-31-58)59-32-14-9-15-33-59/h7-50H,1-6H3/i7D,8D,9D,10D,11D,12D,13D,14D,15D,16D,18D,22D,25D,28D,29D,30D,31D,32D,33D,34D,35D,39D,47D. The molecule has 3 aromatic heterocycles. The quantitative estimate of drug-likeness (QED) is 0.0560. The van der Waals surface area contributed by atoms with Gasteiger partial charge >= 0.3 is 0 Å². The molecular formula is C74H62N4OSi. The fraction of sp³-hybridized carbons (Fsp3) is 0.108. The first-order chi connectivity index (χ1) is 48.5. The summed E-state index contributed by atoms with van der Waals surface area (Å²) >= 11 is 0. The normalized spacial score (nSPS) is 16.1. The molecule has 0 aliphatic carbocycles. The van der Waals surface area contributed by atoms with Gasteiger partial charge in [-0.05, 0) is 113 Å². The van der Waals surface area contributed by atoms with Crippen LogP contribution in [0.25, 0.3) is 72.3 Å². The zero-order valence-corrected chi connectivity index (χ0v) is 45.3. The topological polar surface area (TPSA) is 35.9 Å². The Labute approximate surface area is 502 Å². The van der Waals surface area contributed by atoms with Gasteiger partial charge in [-0.1, -0.05) is 247 Å². The lowest BCUT2D eigenvalue weighted by molar-refractivity contribution is -0.571. The molecule has 13 rings (SSSR count). The van der Waals surface area contributed by atoms with E-state index in [1.807, 2.05) is 42.5 Å². The number of rotatable bonds is 11. The Balaban J connectivity index is 1.14. The minimum absolute atomic E-state index is 0.0102. The Hall–Kier alpha value is -9.36. The molecule has 0 unspecified atom stereocenters. The molecule has 5 nitrogen and oxygen atoms in total. The highest BCUT2D eigenvalue weighted by atomic mass is 28.3. The molecule has 80 heavy (non-hydrogen) atoms. The van der Waals surface area contributed by atoms with E-state index in [1.165, 1.54) is 16.7 Å². The average molecular weight is 1070 g/mol. The van der Waals surface area contributed by atoms with Gasteiger partial charge in [-0.3, -0.25) is 13.7 Å². The summed E-state index contributed by atoms with van der Waals surface area (Å²) in [6.45, 7) is 11.6. The second-order valence-electron chi connectivity index (χ2n) is 21.2. The highest BCUT2D eigenvalue weighted by Crippen LogP contribution is 2.40. The Morgan fingerprint density at radius 2 is 1.11 bits per heavy atom. The molecule has 388 valence electrons. The van der Waals surface area contributed by atoms with Crippen molar-refractivity contribution in [3.8, 4) is 50.9 Å². The van der Waals surface area contributed by atoms with Crippen LogP contribution in [0, 0.1) is 6.33 Å². The van der Waals surface area contributed by atoms with Gasteiger partial charge in [-0.25, -0.2) is 4.98 Å². The van der Waals surface area contributed by atoms with E-state index in [0.29, 0.717) is 34.0 Å². The molecule has 3 heterocycles. The SMILES string of the molecule is [2H]c1c([2H])c([2H])c([Si](c2c([2H])c([2H])c([2H])c([2H])c2[2H])(c2c([2H])c([2H])c([2H])c([2H])c2[2H])c2c([2H])c([2H])c([2H])c(-c3cccc(-c4c([2H])c([2H])c([2H])c([2H])c4C(C)(C)C)c3-[n+]3[c-]n(-c4cccc(Oc5ccc6c7ccccc7n(-c7cc(C(C)(C)C)ccn7)c6c5)c4)c4ccccc43)c2[2H])c([2H])c1[2H]. The maximum absolute atomic E-state index is 10.9. The highest BCUT2D eigenvalue weighted by Gasteiger charge is 2.41. The third-order valence-corrected chi connectivity index (χ3v) is 18.2. The molecule has 0 aliphatic heterocycles. The van der Waals surface area contributed by atoms with Crippen molar-refractivity contribution >= 4 is 61.7 Å². The molecule has 0 N–H and O–H groups in total. The monoisotopic (exact) mass is 1070 g/mol. The van der Waals surface area contributed by atoms with Crippen LogP contribution in [0.5, 0.6) is 11.5 Å². The summed E-state index contributed by atoms with van der Waals surface area (Å²) in [6, 6.07) is 13.2. The first-order valence-corrected chi connectivity index (χ1v) is 27.8. The first kappa shape index (κ1) is 30.7. The van der Waals surface area contributed by atoms with Crippen LogP contribution in [-0.4, -0.2) is 22.2 Å². The second-order valence-corrected chi connectivity index (χ2v) is 24.7. The maximum atomic E-state index is 10.9. The van der Waals surface area contributed by atoms with Gasteiger partial charge in [0.15, 0.2) is 8.07 Å². The summed E-state index contributed by atoms with van der Waals surface area (Å²) in [7, 11) is -6.34. The Morgan fingerprint density at radius 1 is 0.500 bits per heavy atom. The molecule has 0 radical (unpaired) electrons. The van der Waals surface area contributed by atoms with Crippen LogP contribution in [0.2, 0.25) is 0 Å². The molecule has 10 aromatic carbocycles. The highest BCUT2D eigenvalue weighted by molar-refractivity contribution is 7.19. The summed E-state index contributed by atoms with van der Waals surface area (Å²) in [5.74, 6) is 1.55. The second kappa shape index (κ2) is 20.1. The number of para-hydroxylation sites is 4. The van der Waals surface area contributed by atoms with Crippen molar-refractivity contribution in [2.75, 3.05) is 0 Å². The number of hydrogen-bond acceptors (Lipinski definition) is 2. The molecule has 0 amide bonds. The van der Waals surface area contributed by atoms with Crippen molar-refractivity contribution in [3.05, 3.63) is 284 Å². The first-order valence-electron chi connectivity index (χ1n) is 37.3. The van der Waals surface area contributed by atoms with E-state index in [2.05, 4.69) is 43.8 Å². The molecule has 0 saturated carbocycles. The fourth-order valence-corrected chi connectivity index (χ4v) is 14.1. The van der Waals surface area contributed by atoms with Gasteiger partial charge in [0.25, 0.3) is 6.33 Å². The van der Waals surface area contributed by atoms with Crippen LogP contribution in [0.4, 0.5) is 0 Å². The van der Waals surface area contributed by atoms with Crippen molar-refractivity contribution in [1.82, 2.24) is 14.1 Å². The number of hydrogen-bond donors (Lipinski definition) is 0. The smallest absolute Gasteiger partial charge is 0.269 e. The summed E-state index contributed by atoms with van der Waals surface area (Å²) in [5.41, 5.74) is 1.86. The van der Waals surface area contributed by atoms with E-state index in [9.17, 15) is 17.8 Å². The summed E-state index contributed by atoms with van der Waals surface area (Å²) < 4.78 is 231. The number of ether oxygens (including phenoxy) is 1. The minimum Gasteiger partial charge on any atom is -0.458 e. The lowest BCUT2D eigenvalue weighted by Crippen LogP contribution is -2.74. The van der Waals surface area contributed by atoms with Crippen molar-refractivity contribution in [3.63, 3.8) is 0 Å². The van der Waals surface area contributed by atoms with Crippen molar-refractivity contribution in [1.29, 1.82) is 0 Å². The van der Waals surface area contributed by atoms with E-state index in [4.69, 9.17) is 23.4 Å². The third kappa shape index (κ3) is 8.82. The zero-order valence-electron chi connectivity index (χ0n) is 67.3. The number of benzene rings is 10. The summed E-state index contributed by atoms with van der Waals surface area (Å²) in [6.07, 6.45) is 5.27. The number of imidazole rings is 1. The van der Waals surface area contributed by atoms with Crippen molar-refractivity contribution in [2.45, 2.75) is 52.4 Å². The number of fused-ring (bicyclic) bond motifs is 4. The molecule has 13 aromatic rings. The van der Waals surface area contributed by atoms with Crippen molar-refractivity contribution < 1.29 is 40.8 Å². The number of aromatic nitrogens is 4. The van der Waals surface area contributed by atoms with Gasteiger partial charge in [-0.2, -0.15) is 0 Å². The van der Waals surface area contributed by atoms with Gasteiger partial charge in [0.05, 0.1) is 65.0 Å². The van der Waals surface area contributed by atoms with E-state index >= 15 is 0 Å².